The van der Waals surface area contributed by atoms with Crippen molar-refractivity contribution in [3.63, 3.8) is 0 Å². The summed E-state index contributed by atoms with van der Waals surface area (Å²) in [6.45, 7) is 5.67. The van der Waals surface area contributed by atoms with E-state index in [1.807, 2.05) is 0 Å². The molecular formula is C17H21N3O6. The van der Waals surface area contributed by atoms with Crippen LogP contribution in [-0.2, 0) is 14.3 Å². The summed E-state index contributed by atoms with van der Waals surface area (Å²) < 4.78 is 15.7. The van der Waals surface area contributed by atoms with Gasteiger partial charge < -0.3 is 24.8 Å². The number of ether oxygens (including phenoxy) is 3. The first-order valence-electron chi connectivity index (χ1n) is 8.23. The molecule has 1 aromatic carbocycles. The normalized spacial score (nSPS) is 19.2. The number of benzene rings is 1. The minimum absolute atomic E-state index is 0.0312. The van der Waals surface area contributed by atoms with E-state index in [0.717, 1.165) is 0 Å². The standard InChI is InChI=1S/C17H21N3O6/c1-17(2,3)26-15(22)18-7-11-8-20(16(23)25-11)10-4-5-13-12(6-10)19-14(21)9-24-13/h4-6,11H,7-9H2,1-3H3,(H,18,22)(H,19,21). The third-order valence-electron chi connectivity index (χ3n) is 3.65. The van der Waals surface area contributed by atoms with Crippen LogP contribution in [0.2, 0.25) is 0 Å². The number of hydrogen-bond acceptors (Lipinski definition) is 6. The number of hydrogen-bond donors (Lipinski definition) is 2. The molecule has 2 aliphatic rings. The van der Waals surface area contributed by atoms with Crippen LogP contribution in [0.25, 0.3) is 0 Å². The molecule has 0 aromatic heterocycles. The van der Waals surface area contributed by atoms with E-state index in [9.17, 15) is 14.4 Å². The molecule has 1 unspecified atom stereocenters. The van der Waals surface area contributed by atoms with Gasteiger partial charge in [-0.1, -0.05) is 0 Å². The van der Waals surface area contributed by atoms with Crippen LogP contribution in [0, 0.1) is 0 Å². The van der Waals surface area contributed by atoms with Crippen molar-refractivity contribution in [2.45, 2.75) is 32.5 Å². The lowest BCUT2D eigenvalue weighted by atomic mass is 10.2. The van der Waals surface area contributed by atoms with E-state index < -0.39 is 23.9 Å². The van der Waals surface area contributed by atoms with E-state index in [2.05, 4.69) is 10.6 Å². The number of nitrogens with zero attached hydrogens (tertiary/aromatic N) is 1. The summed E-state index contributed by atoms with van der Waals surface area (Å²) in [5.74, 6) is 0.294. The molecule has 1 fully saturated rings. The van der Waals surface area contributed by atoms with Crippen molar-refractivity contribution in [1.82, 2.24) is 5.32 Å². The molecule has 3 rings (SSSR count). The Morgan fingerprint density at radius 1 is 1.38 bits per heavy atom. The maximum atomic E-state index is 12.1. The fraction of sp³-hybridized carbons (Fsp3) is 0.471. The van der Waals surface area contributed by atoms with Gasteiger partial charge in [-0.2, -0.15) is 0 Å². The number of amides is 3. The summed E-state index contributed by atoms with van der Waals surface area (Å²) in [4.78, 5) is 36.7. The van der Waals surface area contributed by atoms with E-state index >= 15 is 0 Å². The molecule has 9 nitrogen and oxygen atoms in total. The molecule has 0 saturated carbocycles. The molecule has 0 radical (unpaired) electrons. The highest BCUT2D eigenvalue weighted by Crippen LogP contribution is 2.33. The number of cyclic esters (lactones) is 1. The molecule has 2 heterocycles. The maximum absolute atomic E-state index is 12.1. The average molecular weight is 363 g/mol. The predicted octanol–water partition coefficient (Wildman–Crippen LogP) is 1.87. The van der Waals surface area contributed by atoms with E-state index in [0.29, 0.717) is 17.1 Å². The minimum Gasteiger partial charge on any atom is -0.482 e. The van der Waals surface area contributed by atoms with Gasteiger partial charge >= 0.3 is 12.2 Å². The number of rotatable bonds is 3. The van der Waals surface area contributed by atoms with Gasteiger partial charge in [0.1, 0.15) is 17.5 Å². The molecule has 26 heavy (non-hydrogen) atoms. The highest BCUT2D eigenvalue weighted by molar-refractivity contribution is 5.97. The van der Waals surface area contributed by atoms with Crippen LogP contribution in [0.4, 0.5) is 21.0 Å². The monoisotopic (exact) mass is 363 g/mol. The van der Waals surface area contributed by atoms with Crippen molar-refractivity contribution in [3.8, 4) is 5.75 Å². The molecule has 0 aliphatic carbocycles. The first-order chi connectivity index (χ1) is 12.2. The van der Waals surface area contributed by atoms with Crippen LogP contribution in [0.15, 0.2) is 18.2 Å². The second kappa shape index (κ2) is 6.74. The van der Waals surface area contributed by atoms with Crippen LogP contribution in [0.1, 0.15) is 20.8 Å². The Labute approximate surface area is 150 Å². The fourth-order valence-electron chi connectivity index (χ4n) is 2.59. The highest BCUT2D eigenvalue weighted by atomic mass is 16.6. The van der Waals surface area contributed by atoms with Crippen LogP contribution in [-0.4, -0.2) is 49.5 Å². The Morgan fingerprint density at radius 3 is 2.88 bits per heavy atom. The Kier molecular flexibility index (Phi) is 4.62. The number of alkyl carbamates (subject to hydrolysis) is 1. The van der Waals surface area contributed by atoms with Gasteiger partial charge in [-0.25, -0.2) is 9.59 Å². The number of anilines is 2. The van der Waals surface area contributed by atoms with Crippen LogP contribution in [0.3, 0.4) is 0 Å². The molecule has 3 amide bonds. The molecule has 1 saturated heterocycles. The van der Waals surface area contributed by atoms with E-state index in [-0.39, 0.29) is 25.6 Å². The molecule has 140 valence electrons. The number of carbonyl (C=O) groups is 3. The number of nitrogens with one attached hydrogen (secondary N) is 2. The largest absolute Gasteiger partial charge is 0.482 e. The summed E-state index contributed by atoms with van der Waals surface area (Å²) in [6.07, 6.45) is -1.60. The van der Waals surface area contributed by atoms with Gasteiger partial charge in [-0.05, 0) is 39.0 Å². The molecule has 9 heteroatoms. The lowest BCUT2D eigenvalue weighted by Gasteiger charge is -2.21. The highest BCUT2D eigenvalue weighted by Gasteiger charge is 2.33. The van der Waals surface area contributed by atoms with Gasteiger partial charge in [0.2, 0.25) is 0 Å². The number of carbonyl (C=O) groups excluding carboxylic acids is 3. The van der Waals surface area contributed by atoms with Gasteiger partial charge in [0.25, 0.3) is 5.91 Å². The summed E-state index contributed by atoms with van der Waals surface area (Å²) >= 11 is 0. The van der Waals surface area contributed by atoms with Crippen molar-refractivity contribution in [2.24, 2.45) is 0 Å². The fourth-order valence-corrected chi connectivity index (χ4v) is 2.59. The topological polar surface area (TPSA) is 106 Å². The molecule has 0 spiro atoms. The summed E-state index contributed by atoms with van der Waals surface area (Å²) in [7, 11) is 0. The molecule has 0 bridgehead atoms. The zero-order valence-corrected chi connectivity index (χ0v) is 14.8. The molecular weight excluding hydrogens is 342 g/mol. The zero-order valence-electron chi connectivity index (χ0n) is 14.8. The Morgan fingerprint density at radius 2 is 2.15 bits per heavy atom. The first-order valence-corrected chi connectivity index (χ1v) is 8.23. The van der Waals surface area contributed by atoms with Crippen LogP contribution in [0.5, 0.6) is 5.75 Å². The number of fused-ring (bicyclic) bond motifs is 1. The molecule has 1 atom stereocenters. The molecule has 2 N–H and O–H groups in total. The van der Waals surface area contributed by atoms with Gasteiger partial charge in [-0.15, -0.1) is 0 Å². The smallest absolute Gasteiger partial charge is 0.414 e. The van der Waals surface area contributed by atoms with Gasteiger partial charge in [0, 0.05) is 5.69 Å². The summed E-state index contributed by atoms with van der Waals surface area (Å²) in [5.41, 5.74) is 0.471. The summed E-state index contributed by atoms with van der Waals surface area (Å²) in [6, 6.07) is 5.04. The Hall–Kier alpha value is -2.97. The van der Waals surface area contributed by atoms with E-state index in [4.69, 9.17) is 14.2 Å². The van der Waals surface area contributed by atoms with Gasteiger partial charge in [0.15, 0.2) is 6.61 Å². The Bertz CT molecular complexity index is 743. The quantitative estimate of drug-likeness (QED) is 0.849. The first kappa shape index (κ1) is 17.8. The van der Waals surface area contributed by atoms with Crippen molar-refractivity contribution in [3.05, 3.63) is 18.2 Å². The lowest BCUT2D eigenvalue weighted by Crippen LogP contribution is -2.38. The van der Waals surface area contributed by atoms with Crippen molar-refractivity contribution in [1.29, 1.82) is 0 Å². The van der Waals surface area contributed by atoms with Crippen molar-refractivity contribution in [2.75, 3.05) is 29.9 Å². The molecule has 2 aliphatic heterocycles. The second-order valence-electron chi connectivity index (χ2n) is 7.02. The van der Waals surface area contributed by atoms with Crippen LogP contribution < -0.4 is 20.3 Å². The SMILES string of the molecule is CC(C)(C)OC(=O)NCC1CN(c2ccc3c(c2)NC(=O)CO3)C(=O)O1. The van der Waals surface area contributed by atoms with E-state index in [1.165, 1.54) is 4.90 Å². The van der Waals surface area contributed by atoms with Crippen LogP contribution >= 0.6 is 0 Å². The molecule has 1 aromatic rings. The average Bonchev–Trinajstić information content (AvgIpc) is 2.91. The van der Waals surface area contributed by atoms with E-state index in [1.54, 1.807) is 39.0 Å². The van der Waals surface area contributed by atoms with Crippen molar-refractivity contribution >= 4 is 29.5 Å². The Balaban J connectivity index is 1.61. The van der Waals surface area contributed by atoms with Gasteiger partial charge in [-0.3, -0.25) is 9.69 Å². The zero-order chi connectivity index (χ0) is 18.9. The maximum Gasteiger partial charge on any atom is 0.414 e. The minimum atomic E-state index is -0.599. The summed E-state index contributed by atoms with van der Waals surface area (Å²) in [5, 5.41) is 5.28. The van der Waals surface area contributed by atoms with Crippen molar-refractivity contribution < 1.29 is 28.6 Å². The second-order valence-corrected chi connectivity index (χ2v) is 7.02. The third-order valence-corrected chi connectivity index (χ3v) is 3.65. The lowest BCUT2D eigenvalue weighted by molar-refractivity contribution is -0.118. The third kappa shape index (κ3) is 4.16. The van der Waals surface area contributed by atoms with Gasteiger partial charge in [0.05, 0.1) is 18.8 Å². The predicted molar refractivity (Wildman–Crippen MR) is 92.4 cm³/mol.